The van der Waals surface area contributed by atoms with E-state index in [-0.39, 0.29) is 0 Å². The summed E-state index contributed by atoms with van der Waals surface area (Å²) in [5.74, 6) is 1.18. The second kappa shape index (κ2) is 5.58. The lowest BCUT2D eigenvalue weighted by atomic mass is 10.2. The summed E-state index contributed by atoms with van der Waals surface area (Å²) in [5.41, 5.74) is 5.82. The fraction of sp³-hybridized carbons (Fsp3) is 0.182. The van der Waals surface area contributed by atoms with Crippen molar-refractivity contribution in [1.82, 2.24) is 24.2 Å². The number of imidazole rings is 1. The standard InChI is InChI=1S/C22H19N5/c1-2-7-20-16(4-1)15-23-27(20)18-8-9-19-21(14-18)26-13-12-25(17-5-3-6-17)11-10-22(26)24-19/h1-9,14-15H,10-13H2. The number of allylic oxidation sites excluding steroid dienone is 3. The van der Waals surface area contributed by atoms with Gasteiger partial charge in [-0.3, -0.25) is 0 Å². The van der Waals surface area contributed by atoms with Crippen LogP contribution < -0.4 is 0 Å². The van der Waals surface area contributed by atoms with Crippen LogP contribution in [0.4, 0.5) is 0 Å². The lowest BCUT2D eigenvalue weighted by Crippen LogP contribution is -2.26. The van der Waals surface area contributed by atoms with E-state index in [0.717, 1.165) is 48.2 Å². The Morgan fingerprint density at radius 1 is 0.926 bits per heavy atom. The van der Waals surface area contributed by atoms with Gasteiger partial charge in [0.2, 0.25) is 0 Å². The van der Waals surface area contributed by atoms with Gasteiger partial charge in [0.25, 0.3) is 0 Å². The molecule has 0 unspecified atom stereocenters. The first-order valence-electron chi connectivity index (χ1n) is 9.42. The minimum atomic E-state index is 0.959. The molecule has 4 aromatic rings. The minimum Gasteiger partial charge on any atom is -0.369 e. The van der Waals surface area contributed by atoms with Gasteiger partial charge in [-0.25, -0.2) is 9.67 Å². The van der Waals surface area contributed by atoms with Crippen LogP contribution in [0.25, 0.3) is 27.6 Å². The van der Waals surface area contributed by atoms with Crippen LogP contribution in [-0.4, -0.2) is 37.3 Å². The molecule has 0 spiro atoms. The highest BCUT2D eigenvalue weighted by Crippen LogP contribution is 2.25. The molecule has 5 nitrogen and oxygen atoms in total. The molecule has 27 heavy (non-hydrogen) atoms. The summed E-state index contributed by atoms with van der Waals surface area (Å²) in [6.07, 6.45) is 9.38. The molecule has 1 aliphatic carbocycles. The van der Waals surface area contributed by atoms with Crippen molar-refractivity contribution in [3.05, 3.63) is 78.4 Å². The fourth-order valence-corrected chi connectivity index (χ4v) is 4.13. The topological polar surface area (TPSA) is 38.9 Å². The molecule has 2 aromatic carbocycles. The first kappa shape index (κ1) is 14.8. The number of aromatic nitrogens is 4. The van der Waals surface area contributed by atoms with Gasteiger partial charge >= 0.3 is 0 Å². The van der Waals surface area contributed by atoms with Crippen LogP contribution in [0, 0.1) is 0 Å². The number of para-hydroxylation sites is 1. The third-order valence-electron chi connectivity index (χ3n) is 5.63. The molecule has 0 saturated carbocycles. The fourth-order valence-electron chi connectivity index (χ4n) is 4.13. The van der Waals surface area contributed by atoms with Gasteiger partial charge in [-0.05, 0) is 36.4 Å². The van der Waals surface area contributed by atoms with E-state index < -0.39 is 0 Å². The molecule has 132 valence electrons. The molecule has 0 saturated heterocycles. The van der Waals surface area contributed by atoms with E-state index in [9.17, 15) is 0 Å². The Kier molecular flexibility index (Phi) is 3.06. The SMILES string of the molecule is C1=CC(N2CCc3nc4ccc(-n5ncc6ccccc65)cc4n3CC2)=C1. The van der Waals surface area contributed by atoms with Crippen molar-refractivity contribution in [1.29, 1.82) is 0 Å². The largest absolute Gasteiger partial charge is 0.369 e. The summed E-state index contributed by atoms with van der Waals surface area (Å²) in [4.78, 5) is 7.35. The number of hydrogen-bond acceptors (Lipinski definition) is 3. The molecule has 5 heteroatoms. The molecule has 0 fully saturated rings. The van der Waals surface area contributed by atoms with Gasteiger partial charge in [0.15, 0.2) is 0 Å². The lowest BCUT2D eigenvalue weighted by Gasteiger charge is -2.25. The van der Waals surface area contributed by atoms with Crippen molar-refractivity contribution in [3.8, 4) is 5.69 Å². The monoisotopic (exact) mass is 353 g/mol. The number of hydrogen-bond donors (Lipinski definition) is 0. The van der Waals surface area contributed by atoms with Crippen LogP contribution in [0.15, 0.2) is 72.6 Å². The van der Waals surface area contributed by atoms with E-state index in [0.29, 0.717) is 0 Å². The van der Waals surface area contributed by atoms with Crippen molar-refractivity contribution in [2.75, 3.05) is 13.1 Å². The van der Waals surface area contributed by atoms with Gasteiger partial charge in [-0.15, -0.1) is 0 Å². The van der Waals surface area contributed by atoms with Gasteiger partial charge in [-0.2, -0.15) is 5.10 Å². The summed E-state index contributed by atoms with van der Waals surface area (Å²) in [6, 6.07) is 14.8. The first-order chi connectivity index (χ1) is 13.4. The van der Waals surface area contributed by atoms with Gasteiger partial charge in [0.05, 0.1) is 28.4 Å². The van der Waals surface area contributed by atoms with Crippen LogP contribution in [0.2, 0.25) is 0 Å². The van der Waals surface area contributed by atoms with Crippen LogP contribution >= 0.6 is 0 Å². The Morgan fingerprint density at radius 3 is 2.74 bits per heavy atom. The molecule has 2 aliphatic rings. The Bertz CT molecular complexity index is 1240. The second-order valence-corrected chi connectivity index (χ2v) is 7.16. The Balaban J connectivity index is 1.43. The van der Waals surface area contributed by atoms with E-state index in [4.69, 9.17) is 4.98 Å². The number of benzene rings is 2. The van der Waals surface area contributed by atoms with Crippen LogP contribution in [0.3, 0.4) is 0 Å². The van der Waals surface area contributed by atoms with Gasteiger partial charge < -0.3 is 9.47 Å². The van der Waals surface area contributed by atoms with Crippen molar-refractivity contribution in [2.24, 2.45) is 0 Å². The molecule has 0 N–H and O–H groups in total. The highest BCUT2D eigenvalue weighted by Gasteiger charge is 2.19. The number of nitrogens with zero attached hydrogens (tertiary/aromatic N) is 5. The maximum Gasteiger partial charge on any atom is 0.111 e. The highest BCUT2D eigenvalue weighted by atomic mass is 15.3. The van der Waals surface area contributed by atoms with Crippen molar-refractivity contribution >= 4 is 21.9 Å². The van der Waals surface area contributed by atoms with E-state index in [1.165, 1.54) is 17.0 Å². The summed E-state index contributed by atoms with van der Waals surface area (Å²) < 4.78 is 4.40. The lowest BCUT2D eigenvalue weighted by molar-refractivity contribution is 0.359. The Morgan fingerprint density at radius 2 is 1.85 bits per heavy atom. The van der Waals surface area contributed by atoms with Crippen molar-refractivity contribution in [2.45, 2.75) is 13.0 Å². The molecular formula is C22H19N5. The molecule has 0 radical (unpaired) electrons. The summed E-state index contributed by atoms with van der Waals surface area (Å²) in [5, 5.41) is 5.76. The minimum absolute atomic E-state index is 0.959. The predicted molar refractivity (Wildman–Crippen MR) is 107 cm³/mol. The number of fused-ring (bicyclic) bond motifs is 4. The van der Waals surface area contributed by atoms with Crippen molar-refractivity contribution < 1.29 is 0 Å². The van der Waals surface area contributed by atoms with Gasteiger partial charge in [-0.1, -0.05) is 24.3 Å². The molecule has 0 bridgehead atoms. The summed E-state index contributed by atoms with van der Waals surface area (Å²) in [6.45, 7) is 3.00. The Hall–Kier alpha value is -3.34. The van der Waals surface area contributed by atoms with Crippen molar-refractivity contribution in [3.63, 3.8) is 0 Å². The Labute approximate surface area is 156 Å². The van der Waals surface area contributed by atoms with Crippen LogP contribution in [0.5, 0.6) is 0 Å². The normalized spacial score (nSPS) is 16.3. The first-order valence-corrected chi connectivity index (χ1v) is 9.42. The average Bonchev–Trinajstić information content (AvgIpc) is 3.17. The van der Waals surface area contributed by atoms with E-state index in [1.54, 1.807) is 0 Å². The van der Waals surface area contributed by atoms with Crippen LogP contribution in [0.1, 0.15) is 5.82 Å². The highest BCUT2D eigenvalue weighted by molar-refractivity contribution is 5.83. The second-order valence-electron chi connectivity index (χ2n) is 7.16. The van der Waals surface area contributed by atoms with E-state index in [1.807, 2.05) is 16.9 Å². The maximum atomic E-state index is 4.90. The third-order valence-corrected chi connectivity index (χ3v) is 5.63. The molecule has 3 heterocycles. The number of rotatable bonds is 2. The molecular weight excluding hydrogens is 334 g/mol. The van der Waals surface area contributed by atoms with Crippen LogP contribution in [-0.2, 0) is 13.0 Å². The molecule has 2 aromatic heterocycles. The van der Waals surface area contributed by atoms with E-state index in [2.05, 4.69) is 69.2 Å². The quantitative estimate of drug-likeness (QED) is 0.552. The molecule has 0 amide bonds. The predicted octanol–water partition coefficient (Wildman–Crippen LogP) is 3.69. The van der Waals surface area contributed by atoms with Gasteiger partial charge in [0, 0.05) is 37.1 Å². The van der Waals surface area contributed by atoms with E-state index >= 15 is 0 Å². The molecule has 6 rings (SSSR count). The third kappa shape index (κ3) is 2.24. The zero-order valence-corrected chi connectivity index (χ0v) is 14.9. The smallest absolute Gasteiger partial charge is 0.111 e. The van der Waals surface area contributed by atoms with Gasteiger partial charge in [0.1, 0.15) is 5.82 Å². The average molecular weight is 353 g/mol. The molecule has 0 atom stereocenters. The zero-order valence-electron chi connectivity index (χ0n) is 14.9. The summed E-state index contributed by atoms with van der Waals surface area (Å²) in [7, 11) is 0. The summed E-state index contributed by atoms with van der Waals surface area (Å²) >= 11 is 0. The molecule has 1 aliphatic heterocycles. The zero-order chi connectivity index (χ0) is 17.8. The maximum absolute atomic E-state index is 4.90.